The van der Waals surface area contributed by atoms with Gasteiger partial charge in [-0.25, -0.2) is 14.2 Å². The van der Waals surface area contributed by atoms with Crippen LogP contribution >= 0.6 is 46.6 Å². The van der Waals surface area contributed by atoms with Gasteiger partial charge in [-0.3, -0.25) is 4.79 Å². The Morgan fingerprint density at radius 2 is 1.69 bits per heavy atom. The molecule has 1 amide bonds. The monoisotopic (exact) mass is 605 g/mol. The van der Waals surface area contributed by atoms with Gasteiger partial charge in [-0.05, 0) is 60.5 Å². The van der Waals surface area contributed by atoms with E-state index in [0.717, 1.165) is 17.3 Å². The first-order chi connectivity index (χ1) is 18.7. The van der Waals surface area contributed by atoms with E-state index in [2.05, 4.69) is 4.99 Å². The third-order valence-electron chi connectivity index (χ3n) is 5.29. The first-order valence-electron chi connectivity index (χ1n) is 11.4. The Hall–Kier alpha value is -3.30. The molecule has 3 aromatic carbocycles. The fourth-order valence-electron chi connectivity index (χ4n) is 3.47. The second-order valence-corrected chi connectivity index (χ2v) is 10.2. The lowest BCUT2D eigenvalue weighted by Crippen LogP contribution is -2.14. The van der Waals surface area contributed by atoms with Crippen molar-refractivity contribution < 1.29 is 28.6 Å². The average Bonchev–Trinajstić information content (AvgIpc) is 3.19. The molecular formula is C28H19Cl3FNO5S. The van der Waals surface area contributed by atoms with Gasteiger partial charge in [0.2, 0.25) is 0 Å². The Morgan fingerprint density at radius 1 is 1.03 bits per heavy atom. The van der Waals surface area contributed by atoms with Gasteiger partial charge in [0.1, 0.15) is 28.8 Å². The SMILES string of the molecule is CCOC(=O)C1=C(O)/C(=C/c2cc(Cl)c(OCc3ccc(F)cc3)c(Cl)c2)SC1=NC(=O)c1ccccc1Cl. The summed E-state index contributed by atoms with van der Waals surface area (Å²) in [4.78, 5) is 29.7. The van der Waals surface area contributed by atoms with Crippen molar-refractivity contribution in [1.29, 1.82) is 0 Å². The molecule has 0 atom stereocenters. The smallest absolute Gasteiger partial charge is 0.344 e. The van der Waals surface area contributed by atoms with Gasteiger partial charge in [-0.2, -0.15) is 0 Å². The zero-order chi connectivity index (χ0) is 28.1. The molecule has 0 unspecified atom stereocenters. The Kier molecular flexibility index (Phi) is 9.35. The van der Waals surface area contributed by atoms with Crippen molar-refractivity contribution in [2.75, 3.05) is 6.61 Å². The number of aliphatic imine (C=N–C) groups is 1. The number of halogens is 4. The number of aliphatic hydroxyl groups excluding tert-OH is 1. The van der Waals surface area contributed by atoms with E-state index >= 15 is 0 Å². The van der Waals surface area contributed by atoms with Crippen LogP contribution in [0.1, 0.15) is 28.4 Å². The quantitative estimate of drug-likeness (QED) is 0.274. The third kappa shape index (κ3) is 6.83. The highest BCUT2D eigenvalue weighted by Crippen LogP contribution is 2.41. The van der Waals surface area contributed by atoms with Crippen LogP contribution in [0.3, 0.4) is 0 Å². The standard InChI is InChI=1S/C28H19Cl3FNO5S/c1-2-37-28(36)23-24(34)22(39-27(23)33-26(35)18-5-3-4-6-19(18)29)13-16-11-20(30)25(21(31)12-16)38-14-15-7-9-17(32)10-8-15/h3-13,34H,2,14H2,1H3/b22-13-,33-27?. The molecule has 0 saturated carbocycles. The van der Waals surface area contributed by atoms with Crippen molar-refractivity contribution in [2.45, 2.75) is 13.5 Å². The van der Waals surface area contributed by atoms with E-state index in [0.29, 0.717) is 5.56 Å². The van der Waals surface area contributed by atoms with Gasteiger partial charge in [0.05, 0.1) is 32.1 Å². The summed E-state index contributed by atoms with van der Waals surface area (Å²) in [5.74, 6) is -2.07. The molecule has 0 fully saturated rings. The summed E-state index contributed by atoms with van der Waals surface area (Å²) in [6.45, 7) is 1.78. The number of nitrogens with zero attached hydrogens (tertiary/aromatic N) is 1. The van der Waals surface area contributed by atoms with E-state index in [4.69, 9.17) is 44.3 Å². The predicted octanol–water partition coefficient (Wildman–Crippen LogP) is 8.07. The van der Waals surface area contributed by atoms with E-state index in [9.17, 15) is 19.1 Å². The lowest BCUT2D eigenvalue weighted by molar-refractivity contribution is -0.138. The molecule has 1 aliphatic heterocycles. The van der Waals surface area contributed by atoms with Crippen LogP contribution in [0.5, 0.6) is 5.75 Å². The topological polar surface area (TPSA) is 85.2 Å². The zero-order valence-corrected chi connectivity index (χ0v) is 23.3. The number of hydrogen-bond acceptors (Lipinski definition) is 6. The van der Waals surface area contributed by atoms with Crippen molar-refractivity contribution in [2.24, 2.45) is 4.99 Å². The summed E-state index contributed by atoms with van der Waals surface area (Å²) >= 11 is 19.8. The Morgan fingerprint density at radius 3 is 2.33 bits per heavy atom. The lowest BCUT2D eigenvalue weighted by atomic mass is 10.1. The van der Waals surface area contributed by atoms with Gasteiger partial charge in [0.25, 0.3) is 5.91 Å². The first kappa shape index (κ1) is 28.7. The molecule has 0 spiro atoms. The van der Waals surface area contributed by atoms with Gasteiger partial charge in [0, 0.05) is 0 Å². The highest BCUT2D eigenvalue weighted by Gasteiger charge is 2.34. The molecule has 0 radical (unpaired) electrons. The summed E-state index contributed by atoms with van der Waals surface area (Å²) in [7, 11) is 0. The minimum atomic E-state index is -0.836. The van der Waals surface area contributed by atoms with Gasteiger partial charge in [-0.1, -0.05) is 70.8 Å². The highest BCUT2D eigenvalue weighted by molar-refractivity contribution is 8.18. The molecule has 0 bridgehead atoms. The number of thioether (sulfide) groups is 1. The zero-order valence-electron chi connectivity index (χ0n) is 20.2. The summed E-state index contributed by atoms with van der Waals surface area (Å²) in [5.41, 5.74) is 1.10. The number of benzene rings is 3. The normalized spacial score (nSPS) is 15.2. The van der Waals surface area contributed by atoms with Crippen LogP contribution in [0.25, 0.3) is 6.08 Å². The highest BCUT2D eigenvalue weighted by atomic mass is 35.5. The van der Waals surface area contributed by atoms with Crippen molar-refractivity contribution in [3.05, 3.63) is 114 Å². The van der Waals surface area contributed by atoms with E-state index in [1.807, 2.05) is 0 Å². The molecular weight excluding hydrogens is 588 g/mol. The molecule has 6 nitrogen and oxygen atoms in total. The maximum absolute atomic E-state index is 13.1. The van der Waals surface area contributed by atoms with Crippen molar-refractivity contribution in [3.63, 3.8) is 0 Å². The van der Waals surface area contributed by atoms with E-state index in [1.54, 1.807) is 49.4 Å². The maximum atomic E-state index is 13.1. The molecule has 0 aliphatic carbocycles. The molecule has 1 heterocycles. The van der Waals surface area contributed by atoms with E-state index in [1.165, 1.54) is 24.3 Å². The first-order valence-corrected chi connectivity index (χ1v) is 13.4. The minimum Gasteiger partial charge on any atom is -0.506 e. The van der Waals surface area contributed by atoms with E-state index in [-0.39, 0.29) is 60.9 Å². The Labute approximate surface area is 242 Å². The van der Waals surface area contributed by atoms with Crippen molar-refractivity contribution in [1.82, 2.24) is 0 Å². The Bertz CT molecular complexity index is 1510. The molecule has 11 heteroatoms. The molecule has 1 N–H and O–H groups in total. The largest absolute Gasteiger partial charge is 0.506 e. The lowest BCUT2D eigenvalue weighted by Gasteiger charge is -2.11. The number of ether oxygens (including phenoxy) is 2. The molecule has 1 aliphatic rings. The summed E-state index contributed by atoms with van der Waals surface area (Å²) in [5, 5.41) is 11.4. The molecule has 39 heavy (non-hydrogen) atoms. The van der Waals surface area contributed by atoms with Crippen LogP contribution in [-0.4, -0.2) is 28.6 Å². The van der Waals surface area contributed by atoms with Crippen LogP contribution in [0.2, 0.25) is 15.1 Å². The number of esters is 1. The minimum absolute atomic E-state index is 0.0430. The molecule has 200 valence electrons. The third-order valence-corrected chi connectivity index (χ3v) is 7.20. The summed E-state index contributed by atoms with van der Waals surface area (Å²) in [6.07, 6.45) is 1.53. The van der Waals surface area contributed by atoms with Crippen LogP contribution < -0.4 is 4.74 Å². The van der Waals surface area contributed by atoms with Gasteiger partial charge < -0.3 is 14.6 Å². The fraction of sp³-hybridized carbons (Fsp3) is 0.107. The average molecular weight is 607 g/mol. The number of aliphatic hydroxyl groups is 1. The van der Waals surface area contributed by atoms with Crippen LogP contribution in [0.4, 0.5) is 4.39 Å². The maximum Gasteiger partial charge on any atom is 0.344 e. The summed E-state index contributed by atoms with van der Waals surface area (Å²) < 4.78 is 23.9. The Balaban J connectivity index is 1.63. The molecule has 4 rings (SSSR count). The number of hydrogen-bond donors (Lipinski definition) is 1. The van der Waals surface area contributed by atoms with Gasteiger partial charge >= 0.3 is 5.97 Å². The number of carbonyl (C=O) groups excluding carboxylic acids is 2. The second kappa shape index (κ2) is 12.7. The predicted molar refractivity (Wildman–Crippen MR) is 152 cm³/mol. The van der Waals surface area contributed by atoms with Crippen LogP contribution in [0, 0.1) is 5.82 Å². The molecule has 3 aromatic rings. The van der Waals surface area contributed by atoms with E-state index < -0.39 is 17.6 Å². The number of carbonyl (C=O) groups is 2. The van der Waals surface area contributed by atoms with Crippen molar-refractivity contribution >= 4 is 69.6 Å². The summed E-state index contributed by atoms with van der Waals surface area (Å²) in [6, 6.07) is 15.3. The van der Waals surface area contributed by atoms with Crippen LogP contribution in [0.15, 0.2) is 81.9 Å². The second-order valence-electron chi connectivity index (χ2n) is 7.99. The molecule has 0 saturated heterocycles. The van der Waals surface area contributed by atoms with Crippen LogP contribution in [-0.2, 0) is 16.1 Å². The van der Waals surface area contributed by atoms with Gasteiger partial charge in [0.15, 0.2) is 5.75 Å². The fourth-order valence-corrected chi connectivity index (χ4v) is 5.31. The number of rotatable bonds is 7. The molecule has 0 aromatic heterocycles. The van der Waals surface area contributed by atoms with Crippen molar-refractivity contribution in [3.8, 4) is 5.75 Å². The number of amides is 1. The van der Waals surface area contributed by atoms with Gasteiger partial charge in [-0.15, -0.1) is 0 Å².